The van der Waals surface area contributed by atoms with Gasteiger partial charge in [-0.1, -0.05) is 12.1 Å². The fourth-order valence-electron chi connectivity index (χ4n) is 1.86. The molecule has 0 N–H and O–H groups in total. The van der Waals surface area contributed by atoms with E-state index in [9.17, 15) is 4.39 Å². The molecule has 0 unspecified atom stereocenters. The van der Waals surface area contributed by atoms with E-state index in [0.29, 0.717) is 17.1 Å². The number of ether oxygens (including phenoxy) is 2. The minimum atomic E-state index is -0.555. The van der Waals surface area contributed by atoms with Crippen LogP contribution in [0.4, 0.5) is 4.39 Å². The largest absolute Gasteiger partial charge is 0.497 e. The van der Waals surface area contributed by atoms with Crippen LogP contribution in [0, 0.1) is 17.1 Å². The van der Waals surface area contributed by atoms with Gasteiger partial charge in [0.25, 0.3) is 0 Å². The summed E-state index contributed by atoms with van der Waals surface area (Å²) in [5.74, 6) is 0.942. The third-order valence-electron chi connectivity index (χ3n) is 2.99. The van der Waals surface area contributed by atoms with Gasteiger partial charge in [0.1, 0.15) is 30.0 Å². The molecule has 0 atom stereocenters. The van der Waals surface area contributed by atoms with Gasteiger partial charge in [0.15, 0.2) is 0 Å². The molecule has 0 amide bonds. The Bertz CT molecular complexity index is 682. The number of hydrogen-bond acceptors (Lipinski definition) is 3. The SMILES string of the molecule is COc1ccc(OCc2cccc(C#N)c2F)c(CCl)c1. The van der Waals surface area contributed by atoms with E-state index in [2.05, 4.69) is 0 Å². The molecule has 0 aliphatic rings. The second-order valence-electron chi connectivity index (χ2n) is 4.29. The standard InChI is InChI=1S/C16H13ClFNO2/c1-20-14-5-6-15(13(7-14)8-17)21-10-12-4-2-3-11(9-19)16(12)18/h2-7H,8,10H2,1H3. The molecule has 0 saturated heterocycles. The molecule has 2 rings (SSSR count). The lowest BCUT2D eigenvalue weighted by atomic mass is 10.1. The highest BCUT2D eigenvalue weighted by Crippen LogP contribution is 2.26. The molecule has 2 aromatic rings. The molecule has 0 heterocycles. The predicted octanol–water partition coefficient (Wildman–Crippen LogP) is 4.02. The fourth-order valence-corrected chi connectivity index (χ4v) is 2.07. The molecule has 0 radical (unpaired) electrons. The van der Waals surface area contributed by atoms with Gasteiger partial charge in [-0.25, -0.2) is 4.39 Å². The first-order chi connectivity index (χ1) is 10.2. The van der Waals surface area contributed by atoms with Crippen molar-refractivity contribution in [1.29, 1.82) is 5.26 Å². The number of nitriles is 1. The van der Waals surface area contributed by atoms with E-state index in [0.717, 1.165) is 5.56 Å². The van der Waals surface area contributed by atoms with Crippen LogP contribution in [0.3, 0.4) is 0 Å². The average molecular weight is 306 g/mol. The maximum absolute atomic E-state index is 13.9. The Hall–Kier alpha value is -2.25. The molecule has 0 aromatic heterocycles. The third-order valence-corrected chi connectivity index (χ3v) is 3.28. The zero-order valence-electron chi connectivity index (χ0n) is 11.4. The van der Waals surface area contributed by atoms with Crippen molar-refractivity contribution in [1.82, 2.24) is 0 Å². The summed E-state index contributed by atoms with van der Waals surface area (Å²) >= 11 is 5.87. The molecule has 0 aliphatic carbocycles. The predicted molar refractivity (Wildman–Crippen MR) is 78.0 cm³/mol. The summed E-state index contributed by atoms with van der Waals surface area (Å²) < 4.78 is 24.6. The van der Waals surface area contributed by atoms with Crippen LogP contribution in [-0.2, 0) is 12.5 Å². The van der Waals surface area contributed by atoms with E-state index in [4.69, 9.17) is 26.3 Å². The van der Waals surface area contributed by atoms with Crippen LogP contribution in [0.1, 0.15) is 16.7 Å². The molecule has 0 saturated carbocycles. The number of nitrogens with zero attached hydrogens (tertiary/aromatic N) is 1. The summed E-state index contributed by atoms with van der Waals surface area (Å²) in [4.78, 5) is 0. The number of methoxy groups -OCH3 is 1. The van der Waals surface area contributed by atoms with E-state index in [1.807, 2.05) is 0 Å². The monoisotopic (exact) mass is 305 g/mol. The van der Waals surface area contributed by atoms with E-state index >= 15 is 0 Å². The number of rotatable bonds is 5. The van der Waals surface area contributed by atoms with Crippen LogP contribution < -0.4 is 9.47 Å². The maximum atomic E-state index is 13.9. The topological polar surface area (TPSA) is 42.2 Å². The lowest BCUT2D eigenvalue weighted by Gasteiger charge is -2.12. The summed E-state index contributed by atoms with van der Waals surface area (Å²) in [7, 11) is 1.57. The van der Waals surface area contributed by atoms with Crippen molar-refractivity contribution < 1.29 is 13.9 Å². The molecule has 0 fully saturated rings. The Morgan fingerprint density at radius 2 is 2.05 bits per heavy atom. The first kappa shape index (κ1) is 15.1. The number of halogens is 2. The van der Waals surface area contributed by atoms with Gasteiger partial charge in [0, 0.05) is 11.1 Å². The van der Waals surface area contributed by atoms with Crippen molar-refractivity contribution in [3.8, 4) is 17.6 Å². The summed E-state index contributed by atoms with van der Waals surface area (Å²) in [6, 6.07) is 11.7. The molecule has 2 aromatic carbocycles. The van der Waals surface area contributed by atoms with Gasteiger partial charge in [0.2, 0.25) is 0 Å². The fraction of sp³-hybridized carbons (Fsp3) is 0.188. The van der Waals surface area contributed by atoms with Gasteiger partial charge >= 0.3 is 0 Å². The molecule has 0 aliphatic heterocycles. The summed E-state index contributed by atoms with van der Waals surface area (Å²) in [5.41, 5.74) is 1.08. The van der Waals surface area contributed by atoms with Gasteiger partial charge in [-0.2, -0.15) is 5.26 Å². The Balaban J connectivity index is 2.19. The van der Waals surface area contributed by atoms with Crippen molar-refractivity contribution >= 4 is 11.6 Å². The van der Waals surface area contributed by atoms with Crippen LogP contribution in [0.2, 0.25) is 0 Å². The van der Waals surface area contributed by atoms with Gasteiger partial charge in [-0.05, 0) is 24.3 Å². The van der Waals surface area contributed by atoms with E-state index < -0.39 is 5.82 Å². The van der Waals surface area contributed by atoms with Crippen molar-refractivity contribution in [2.75, 3.05) is 7.11 Å². The van der Waals surface area contributed by atoms with Gasteiger partial charge in [-0.15, -0.1) is 11.6 Å². The second kappa shape index (κ2) is 6.96. The van der Waals surface area contributed by atoms with Crippen LogP contribution >= 0.6 is 11.6 Å². The quantitative estimate of drug-likeness (QED) is 0.783. The lowest BCUT2D eigenvalue weighted by molar-refractivity contribution is 0.296. The molecule has 3 nitrogen and oxygen atoms in total. The molecule has 21 heavy (non-hydrogen) atoms. The highest BCUT2D eigenvalue weighted by atomic mass is 35.5. The van der Waals surface area contributed by atoms with Crippen LogP contribution in [0.15, 0.2) is 36.4 Å². The Labute approximate surface area is 127 Å². The molecular formula is C16H13ClFNO2. The van der Waals surface area contributed by atoms with Gasteiger partial charge < -0.3 is 9.47 Å². The van der Waals surface area contributed by atoms with Crippen LogP contribution in [-0.4, -0.2) is 7.11 Å². The highest BCUT2D eigenvalue weighted by molar-refractivity contribution is 6.17. The summed E-state index contributed by atoms with van der Waals surface area (Å²) in [5, 5.41) is 8.81. The number of alkyl halides is 1. The number of benzene rings is 2. The first-order valence-electron chi connectivity index (χ1n) is 6.22. The Morgan fingerprint density at radius 3 is 2.71 bits per heavy atom. The minimum absolute atomic E-state index is 0.00315. The molecule has 5 heteroatoms. The van der Waals surface area contributed by atoms with E-state index in [-0.39, 0.29) is 18.1 Å². The summed E-state index contributed by atoms with van der Waals surface area (Å²) in [6.45, 7) is 0.0254. The lowest BCUT2D eigenvalue weighted by Crippen LogP contribution is -2.02. The highest BCUT2D eigenvalue weighted by Gasteiger charge is 2.10. The normalized spacial score (nSPS) is 10.0. The molecular weight excluding hydrogens is 293 g/mol. The van der Waals surface area contributed by atoms with Crippen LogP contribution in [0.25, 0.3) is 0 Å². The van der Waals surface area contributed by atoms with E-state index in [1.54, 1.807) is 43.5 Å². The van der Waals surface area contributed by atoms with Crippen molar-refractivity contribution in [2.45, 2.75) is 12.5 Å². The zero-order valence-corrected chi connectivity index (χ0v) is 12.2. The van der Waals surface area contributed by atoms with E-state index in [1.165, 1.54) is 6.07 Å². The summed E-state index contributed by atoms with van der Waals surface area (Å²) in [6.07, 6.45) is 0. The van der Waals surface area contributed by atoms with Gasteiger partial charge in [-0.3, -0.25) is 0 Å². The number of hydrogen-bond donors (Lipinski definition) is 0. The first-order valence-corrected chi connectivity index (χ1v) is 6.76. The Morgan fingerprint density at radius 1 is 1.24 bits per heavy atom. The molecule has 108 valence electrons. The molecule has 0 spiro atoms. The zero-order chi connectivity index (χ0) is 15.2. The second-order valence-corrected chi connectivity index (χ2v) is 4.55. The van der Waals surface area contributed by atoms with Crippen molar-refractivity contribution in [3.63, 3.8) is 0 Å². The third kappa shape index (κ3) is 3.45. The Kier molecular flexibility index (Phi) is 5.02. The maximum Gasteiger partial charge on any atom is 0.147 e. The molecule has 0 bridgehead atoms. The van der Waals surface area contributed by atoms with Crippen LogP contribution in [0.5, 0.6) is 11.5 Å². The van der Waals surface area contributed by atoms with Crippen molar-refractivity contribution in [2.24, 2.45) is 0 Å². The van der Waals surface area contributed by atoms with Crippen molar-refractivity contribution in [3.05, 3.63) is 58.9 Å². The average Bonchev–Trinajstić information content (AvgIpc) is 2.53. The smallest absolute Gasteiger partial charge is 0.147 e. The van der Waals surface area contributed by atoms with Gasteiger partial charge in [0.05, 0.1) is 18.6 Å². The minimum Gasteiger partial charge on any atom is -0.497 e.